The van der Waals surface area contributed by atoms with Gasteiger partial charge in [-0.25, -0.2) is 0 Å². The first-order chi connectivity index (χ1) is 9.48. The van der Waals surface area contributed by atoms with Gasteiger partial charge in [-0.3, -0.25) is 4.68 Å². The van der Waals surface area contributed by atoms with Crippen LogP contribution in [0, 0.1) is 0 Å². The molecule has 114 valence electrons. The van der Waals surface area contributed by atoms with Crippen LogP contribution in [-0.4, -0.2) is 39.4 Å². The van der Waals surface area contributed by atoms with Gasteiger partial charge >= 0.3 is 0 Å². The molecule has 0 saturated carbocycles. The maximum Gasteiger partial charge on any atom is 0.109 e. The average molecular weight is 344 g/mol. The highest BCUT2D eigenvalue weighted by atomic mass is 79.9. The quantitative estimate of drug-likeness (QED) is 0.911. The molecule has 2 heterocycles. The summed E-state index contributed by atoms with van der Waals surface area (Å²) in [7, 11) is 0. The van der Waals surface area contributed by atoms with Crippen molar-refractivity contribution in [3.63, 3.8) is 0 Å². The minimum atomic E-state index is -0.762. The minimum Gasteiger partial charge on any atom is -0.383 e. The Balaban J connectivity index is 2.24. The van der Waals surface area contributed by atoms with E-state index in [-0.39, 0.29) is 6.04 Å². The Labute approximate surface area is 130 Å². The molecular weight excluding hydrogens is 318 g/mol. The van der Waals surface area contributed by atoms with Crippen molar-refractivity contribution in [1.29, 1.82) is 0 Å². The topological polar surface area (TPSA) is 41.3 Å². The fourth-order valence-electron chi connectivity index (χ4n) is 3.12. The molecule has 4 nitrogen and oxygen atoms in total. The zero-order valence-electron chi connectivity index (χ0n) is 12.8. The van der Waals surface area contributed by atoms with E-state index < -0.39 is 5.60 Å². The lowest BCUT2D eigenvalue weighted by Gasteiger charge is -2.29. The fraction of sp³-hybridized carbons (Fsp3) is 0.800. The number of likely N-dealkylation sites (tertiary alicyclic amines) is 1. The summed E-state index contributed by atoms with van der Waals surface area (Å²) in [5.74, 6) is 0. The van der Waals surface area contributed by atoms with Crippen LogP contribution in [0.4, 0.5) is 0 Å². The third-order valence-electron chi connectivity index (χ3n) is 4.13. The average Bonchev–Trinajstić information content (AvgIpc) is 2.69. The molecule has 0 amide bonds. The molecule has 0 spiro atoms. The number of aliphatic hydroxyl groups is 1. The van der Waals surface area contributed by atoms with E-state index in [2.05, 4.69) is 46.7 Å². The van der Waals surface area contributed by atoms with E-state index in [1.54, 1.807) is 0 Å². The normalized spacial score (nSPS) is 25.1. The Bertz CT molecular complexity index is 446. The van der Waals surface area contributed by atoms with Crippen molar-refractivity contribution in [2.75, 3.05) is 19.6 Å². The lowest BCUT2D eigenvalue weighted by molar-refractivity contribution is 0.0107. The van der Waals surface area contributed by atoms with Gasteiger partial charge in [0.2, 0.25) is 0 Å². The molecule has 1 saturated heterocycles. The molecule has 20 heavy (non-hydrogen) atoms. The molecular formula is C15H26BrN3O. The van der Waals surface area contributed by atoms with E-state index in [0.717, 1.165) is 49.1 Å². The van der Waals surface area contributed by atoms with Crippen LogP contribution in [-0.2, 0) is 5.60 Å². The molecule has 5 heteroatoms. The smallest absolute Gasteiger partial charge is 0.109 e. The van der Waals surface area contributed by atoms with Gasteiger partial charge in [-0.1, -0.05) is 6.92 Å². The molecule has 1 unspecified atom stereocenters. The van der Waals surface area contributed by atoms with Crippen molar-refractivity contribution in [3.8, 4) is 0 Å². The first kappa shape index (κ1) is 16.0. The van der Waals surface area contributed by atoms with Gasteiger partial charge < -0.3 is 10.0 Å². The van der Waals surface area contributed by atoms with Crippen molar-refractivity contribution in [2.24, 2.45) is 0 Å². The highest BCUT2D eigenvalue weighted by Gasteiger charge is 2.37. The highest BCUT2D eigenvalue weighted by Crippen LogP contribution is 2.38. The third-order valence-corrected chi connectivity index (χ3v) is 4.71. The Morgan fingerprint density at radius 3 is 2.80 bits per heavy atom. The summed E-state index contributed by atoms with van der Waals surface area (Å²) in [5.41, 5.74) is 0.188. The molecule has 0 aliphatic carbocycles. The summed E-state index contributed by atoms with van der Waals surface area (Å²) in [4.78, 5) is 2.46. The number of aromatic nitrogens is 2. The second-order valence-corrected chi connectivity index (χ2v) is 6.96. The van der Waals surface area contributed by atoms with Crippen LogP contribution in [0.1, 0.15) is 58.2 Å². The van der Waals surface area contributed by atoms with E-state index in [9.17, 15) is 5.11 Å². The van der Waals surface area contributed by atoms with Gasteiger partial charge in [0.05, 0.1) is 16.4 Å². The molecule has 1 atom stereocenters. The Morgan fingerprint density at radius 1 is 1.40 bits per heavy atom. The number of halogens is 1. The number of hydrogen-bond donors (Lipinski definition) is 1. The van der Waals surface area contributed by atoms with Crippen LogP contribution in [0.2, 0.25) is 0 Å². The van der Waals surface area contributed by atoms with Crippen LogP contribution in [0.5, 0.6) is 0 Å². The molecule has 1 aromatic heterocycles. The Hall–Kier alpha value is -0.390. The molecule has 1 aliphatic heterocycles. The molecule has 1 aromatic rings. The van der Waals surface area contributed by atoms with E-state index in [1.807, 2.05) is 10.9 Å². The van der Waals surface area contributed by atoms with Gasteiger partial charge in [0.25, 0.3) is 0 Å². The van der Waals surface area contributed by atoms with E-state index >= 15 is 0 Å². The van der Waals surface area contributed by atoms with Crippen molar-refractivity contribution < 1.29 is 5.11 Å². The van der Waals surface area contributed by atoms with Crippen LogP contribution in [0.3, 0.4) is 0 Å². The lowest BCUT2D eigenvalue weighted by Crippen LogP contribution is -2.32. The summed E-state index contributed by atoms with van der Waals surface area (Å²) in [6.45, 7) is 9.59. The minimum absolute atomic E-state index is 0.260. The van der Waals surface area contributed by atoms with Gasteiger partial charge in [0.1, 0.15) is 5.60 Å². The van der Waals surface area contributed by atoms with Crippen molar-refractivity contribution in [1.82, 2.24) is 14.7 Å². The molecule has 1 N–H and O–H groups in total. The second kappa shape index (κ2) is 6.58. The molecule has 0 bridgehead atoms. The largest absolute Gasteiger partial charge is 0.383 e. The molecule has 0 aromatic carbocycles. The summed E-state index contributed by atoms with van der Waals surface area (Å²) >= 11 is 3.57. The zero-order chi connectivity index (χ0) is 14.8. The summed E-state index contributed by atoms with van der Waals surface area (Å²) in [6.07, 6.45) is 5.61. The van der Waals surface area contributed by atoms with Crippen molar-refractivity contribution in [2.45, 2.75) is 58.1 Å². The maximum absolute atomic E-state index is 11.2. The van der Waals surface area contributed by atoms with Gasteiger partial charge in [0, 0.05) is 12.6 Å². The second-order valence-electron chi connectivity index (χ2n) is 6.11. The number of nitrogens with zero attached hydrogens (tertiary/aromatic N) is 3. The van der Waals surface area contributed by atoms with Crippen molar-refractivity contribution in [3.05, 3.63) is 16.4 Å². The van der Waals surface area contributed by atoms with E-state index in [0.29, 0.717) is 0 Å². The molecule has 0 radical (unpaired) electrons. The third kappa shape index (κ3) is 3.26. The van der Waals surface area contributed by atoms with E-state index in [4.69, 9.17) is 0 Å². The van der Waals surface area contributed by atoms with Gasteiger partial charge in [0.15, 0.2) is 0 Å². The summed E-state index contributed by atoms with van der Waals surface area (Å²) in [5, 5.41) is 15.6. The van der Waals surface area contributed by atoms with Crippen LogP contribution >= 0.6 is 15.9 Å². The van der Waals surface area contributed by atoms with Gasteiger partial charge in [-0.05, 0) is 68.6 Å². The van der Waals surface area contributed by atoms with Gasteiger partial charge in [-0.2, -0.15) is 5.10 Å². The van der Waals surface area contributed by atoms with E-state index in [1.165, 1.54) is 6.42 Å². The molecule has 2 rings (SSSR count). The van der Waals surface area contributed by atoms with Crippen LogP contribution in [0.15, 0.2) is 10.7 Å². The fourth-order valence-corrected chi connectivity index (χ4v) is 3.76. The maximum atomic E-state index is 11.2. The first-order valence-electron chi connectivity index (χ1n) is 7.66. The predicted octanol–water partition coefficient (Wildman–Crippen LogP) is 3.31. The number of hydrogen-bond acceptors (Lipinski definition) is 3. The summed E-state index contributed by atoms with van der Waals surface area (Å²) < 4.78 is 2.89. The van der Waals surface area contributed by atoms with Crippen LogP contribution in [0.25, 0.3) is 0 Å². The standard InChI is InChI=1S/C15H26BrN3O/c1-4-8-18-9-5-6-15(20,7-10-18)14-13(16)11-17-19(14)12(2)3/h11-12,20H,4-10H2,1-3H3. The molecule has 1 fully saturated rings. The molecule has 1 aliphatic rings. The van der Waals surface area contributed by atoms with Gasteiger partial charge in [-0.15, -0.1) is 0 Å². The monoisotopic (exact) mass is 343 g/mol. The van der Waals surface area contributed by atoms with Crippen LogP contribution < -0.4 is 0 Å². The predicted molar refractivity (Wildman–Crippen MR) is 84.8 cm³/mol. The zero-order valence-corrected chi connectivity index (χ0v) is 14.4. The first-order valence-corrected chi connectivity index (χ1v) is 8.45. The Kier molecular flexibility index (Phi) is 5.26. The highest BCUT2D eigenvalue weighted by molar-refractivity contribution is 9.10. The van der Waals surface area contributed by atoms with Crippen molar-refractivity contribution >= 4 is 15.9 Å². The summed E-state index contributed by atoms with van der Waals surface area (Å²) in [6, 6.07) is 0.260. The number of rotatable bonds is 4. The SMILES string of the molecule is CCCN1CCCC(O)(c2c(Br)cnn2C(C)C)CC1. The lowest BCUT2D eigenvalue weighted by atomic mass is 9.91. The Morgan fingerprint density at radius 2 is 2.15 bits per heavy atom.